The van der Waals surface area contributed by atoms with Gasteiger partial charge in [-0.3, -0.25) is 4.79 Å². The molecule has 15 heavy (non-hydrogen) atoms. The van der Waals surface area contributed by atoms with Gasteiger partial charge in [-0.15, -0.1) is 0 Å². The summed E-state index contributed by atoms with van der Waals surface area (Å²) in [5.41, 5.74) is 5.61. The van der Waals surface area contributed by atoms with E-state index in [0.717, 1.165) is 19.4 Å². The second-order valence-electron chi connectivity index (χ2n) is 4.83. The summed E-state index contributed by atoms with van der Waals surface area (Å²) in [5.74, 6) is -0.0695. The molecule has 0 aliphatic carbocycles. The third kappa shape index (κ3) is 6.47. The van der Waals surface area contributed by atoms with Gasteiger partial charge in [-0.05, 0) is 18.3 Å². The van der Waals surface area contributed by atoms with Crippen LogP contribution >= 0.6 is 0 Å². The predicted molar refractivity (Wildman–Crippen MR) is 61.6 cm³/mol. The Balaban J connectivity index is 3.66. The Bertz CT molecular complexity index is 188. The SMILES string of the molecule is COCCCCNC(=O)C(N)C(C)(C)C. The van der Waals surface area contributed by atoms with Crippen molar-refractivity contribution in [1.82, 2.24) is 5.32 Å². The number of hydrogen-bond acceptors (Lipinski definition) is 3. The molecule has 1 amide bonds. The molecule has 0 aromatic carbocycles. The van der Waals surface area contributed by atoms with Gasteiger partial charge in [0, 0.05) is 20.3 Å². The zero-order valence-electron chi connectivity index (χ0n) is 10.3. The van der Waals surface area contributed by atoms with Crippen LogP contribution in [0.4, 0.5) is 0 Å². The fourth-order valence-electron chi connectivity index (χ4n) is 1.09. The lowest BCUT2D eigenvalue weighted by molar-refractivity contribution is -0.124. The first-order chi connectivity index (χ1) is 6.89. The highest BCUT2D eigenvalue weighted by Gasteiger charge is 2.26. The van der Waals surface area contributed by atoms with Crippen molar-refractivity contribution < 1.29 is 9.53 Å². The highest BCUT2D eigenvalue weighted by molar-refractivity contribution is 5.82. The van der Waals surface area contributed by atoms with Crippen LogP contribution in [0.2, 0.25) is 0 Å². The van der Waals surface area contributed by atoms with Crippen LogP contribution in [0.5, 0.6) is 0 Å². The van der Waals surface area contributed by atoms with Crippen molar-refractivity contribution >= 4 is 5.91 Å². The highest BCUT2D eigenvalue weighted by Crippen LogP contribution is 2.16. The number of methoxy groups -OCH3 is 1. The van der Waals surface area contributed by atoms with Crippen LogP contribution in [0.3, 0.4) is 0 Å². The number of nitrogens with one attached hydrogen (secondary N) is 1. The van der Waals surface area contributed by atoms with Gasteiger partial charge in [0.1, 0.15) is 0 Å². The van der Waals surface area contributed by atoms with E-state index in [1.807, 2.05) is 20.8 Å². The Kier molecular flexibility index (Phi) is 6.52. The summed E-state index contributed by atoms with van der Waals surface area (Å²) in [6.07, 6.45) is 1.89. The van der Waals surface area contributed by atoms with Crippen LogP contribution in [-0.4, -0.2) is 32.2 Å². The molecule has 1 unspecified atom stereocenters. The maximum Gasteiger partial charge on any atom is 0.237 e. The molecule has 0 aliphatic rings. The van der Waals surface area contributed by atoms with Crippen molar-refractivity contribution in [3.63, 3.8) is 0 Å². The molecule has 3 N–H and O–H groups in total. The Morgan fingerprint density at radius 2 is 2.00 bits per heavy atom. The minimum atomic E-state index is -0.445. The molecule has 90 valence electrons. The molecule has 0 aromatic heterocycles. The zero-order valence-corrected chi connectivity index (χ0v) is 10.3. The molecule has 0 saturated carbocycles. The zero-order chi connectivity index (χ0) is 11.9. The molecule has 4 nitrogen and oxygen atoms in total. The van der Waals surface area contributed by atoms with Crippen molar-refractivity contribution in [3.05, 3.63) is 0 Å². The van der Waals surface area contributed by atoms with Crippen molar-refractivity contribution in [2.45, 2.75) is 39.7 Å². The average molecular weight is 216 g/mol. The van der Waals surface area contributed by atoms with E-state index in [0.29, 0.717) is 6.54 Å². The number of hydrogen-bond donors (Lipinski definition) is 2. The van der Waals surface area contributed by atoms with Crippen molar-refractivity contribution in [2.24, 2.45) is 11.1 Å². The summed E-state index contributed by atoms with van der Waals surface area (Å²) in [4.78, 5) is 11.6. The lowest BCUT2D eigenvalue weighted by Gasteiger charge is -2.25. The van der Waals surface area contributed by atoms with E-state index >= 15 is 0 Å². The molecule has 1 atom stereocenters. The predicted octanol–water partition coefficient (Wildman–Crippen LogP) is 0.903. The molecule has 0 radical (unpaired) electrons. The van der Waals surface area contributed by atoms with Gasteiger partial charge in [-0.1, -0.05) is 20.8 Å². The van der Waals surface area contributed by atoms with Crippen LogP contribution < -0.4 is 11.1 Å². The monoisotopic (exact) mass is 216 g/mol. The molecule has 0 heterocycles. The molecule has 0 spiro atoms. The van der Waals surface area contributed by atoms with Crippen LogP contribution in [0.1, 0.15) is 33.6 Å². The number of rotatable bonds is 6. The van der Waals surface area contributed by atoms with E-state index in [2.05, 4.69) is 5.32 Å². The first-order valence-electron chi connectivity index (χ1n) is 5.42. The van der Waals surface area contributed by atoms with Crippen LogP contribution in [0.15, 0.2) is 0 Å². The van der Waals surface area contributed by atoms with Gasteiger partial charge in [0.05, 0.1) is 6.04 Å². The standard InChI is InChI=1S/C11H24N2O2/c1-11(2,3)9(12)10(14)13-7-5-6-8-15-4/h9H,5-8,12H2,1-4H3,(H,13,14). The summed E-state index contributed by atoms with van der Waals surface area (Å²) in [6.45, 7) is 7.29. The maximum atomic E-state index is 11.6. The smallest absolute Gasteiger partial charge is 0.237 e. The van der Waals surface area contributed by atoms with Crippen molar-refractivity contribution in [3.8, 4) is 0 Å². The second-order valence-corrected chi connectivity index (χ2v) is 4.83. The Morgan fingerprint density at radius 1 is 1.40 bits per heavy atom. The molecule has 0 bridgehead atoms. The van der Waals surface area contributed by atoms with Gasteiger partial charge in [0.2, 0.25) is 5.91 Å². The summed E-state index contributed by atoms with van der Waals surface area (Å²) < 4.78 is 4.91. The number of unbranched alkanes of at least 4 members (excludes halogenated alkanes) is 1. The summed E-state index contributed by atoms with van der Waals surface area (Å²) in [6, 6.07) is -0.445. The minimum Gasteiger partial charge on any atom is -0.385 e. The number of ether oxygens (including phenoxy) is 1. The van der Waals surface area contributed by atoms with Gasteiger partial charge < -0.3 is 15.8 Å². The summed E-state index contributed by atoms with van der Waals surface area (Å²) in [7, 11) is 1.67. The van der Waals surface area contributed by atoms with Gasteiger partial charge in [-0.2, -0.15) is 0 Å². The second kappa shape index (κ2) is 6.80. The molecular weight excluding hydrogens is 192 g/mol. The van der Waals surface area contributed by atoms with Crippen molar-refractivity contribution in [2.75, 3.05) is 20.3 Å². The molecule has 0 saturated heterocycles. The Hall–Kier alpha value is -0.610. The van der Waals surface area contributed by atoms with E-state index in [1.165, 1.54) is 0 Å². The third-order valence-corrected chi connectivity index (χ3v) is 2.29. The lowest BCUT2D eigenvalue weighted by atomic mass is 9.87. The van der Waals surface area contributed by atoms with Gasteiger partial charge >= 0.3 is 0 Å². The fraction of sp³-hybridized carbons (Fsp3) is 0.909. The Morgan fingerprint density at radius 3 is 2.47 bits per heavy atom. The maximum absolute atomic E-state index is 11.6. The molecule has 0 rings (SSSR count). The molecule has 0 aliphatic heterocycles. The average Bonchev–Trinajstić information content (AvgIpc) is 2.14. The van der Waals surface area contributed by atoms with E-state index in [4.69, 9.17) is 10.5 Å². The van der Waals surface area contributed by atoms with Crippen LogP contribution in [0, 0.1) is 5.41 Å². The first kappa shape index (κ1) is 14.4. The van der Waals surface area contributed by atoms with Gasteiger partial charge in [0.15, 0.2) is 0 Å². The van der Waals surface area contributed by atoms with Crippen LogP contribution in [-0.2, 0) is 9.53 Å². The topological polar surface area (TPSA) is 64.3 Å². The van der Waals surface area contributed by atoms with Gasteiger partial charge in [0.25, 0.3) is 0 Å². The summed E-state index contributed by atoms with van der Waals surface area (Å²) in [5, 5.41) is 2.83. The Labute approximate surface area is 92.6 Å². The van der Waals surface area contributed by atoms with E-state index in [9.17, 15) is 4.79 Å². The van der Waals surface area contributed by atoms with E-state index in [1.54, 1.807) is 7.11 Å². The minimum absolute atomic E-state index is 0.0695. The molecular formula is C11H24N2O2. The van der Waals surface area contributed by atoms with E-state index in [-0.39, 0.29) is 11.3 Å². The summed E-state index contributed by atoms with van der Waals surface area (Å²) >= 11 is 0. The number of amides is 1. The first-order valence-corrected chi connectivity index (χ1v) is 5.42. The molecule has 0 fully saturated rings. The van der Waals surface area contributed by atoms with Crippen molar-refractivity contribution in [1.29, 1.82) is 0 Å². The quantitative estimate of drug-likeness (QED) is 0.648. The number of carbonyl (C=O) groups excluding carboxylic acids is 1. The van der Waals surface area contributed by atoms with Crippen LogP contribution in [0.25, 0.3) is 0 Å². The largest absolute Gasteiger partial charge is 0.385 e. The highest BCUT2D eigenvalue weighted by atomic mass is 16.5. The normalized spacial score (nSPS) is 13.7. The molecule has 0 aromatic rings. The molecule has 4 heteroatoms. The van der Waals surface area contributed by atoms with E-state index < -0.39 is 6.04 Å². The lowest BCUT2D eigenvalue weighted by Crippen LogP contribution is -2.48. The third-order valence-electron chi connectivity index (χ3n) is 2.29. The number of nitrogens with two attached hydrogens (primary N) is 1. The van der Waals surface area contributed by atoms with Gasteiger partial charge in [-0.25, -0.2) is 0 Å². The number of carbonyl (C=O) groups is 1. The fourth-order valence-corrected chi connectivity index (χ4v) is 1.09.